The van der Waals surface area contributed by atoms with Crippen LogP contribution in [0.15, 0.2) is 91.0 Å². The number of anilines is 3. The lowest BCUT2D eigenvalue weighted by Gasteiger charge is -2.42. The van der Waals surface area contributed by atoms with Crippen LogP contribution in [0.2, 0.25) is 13.1 Å². The predicted octanol–water partition coefficient (Wildman–Crippen LogP) is 6.34. The van der Waals surface area contributed by atoms with Crippen LogP contribution in [0.25, 0.3) is 21.5 Å². The van der Waals surface area contributed by atoms with Crippen molar-refractivity contribution >= 4 is 57.1 Å². The van der Waals surface area contributed by atoms with Gasteiger partial charge < -0.3 is 4.90 Å². The summed E-state index contributed by atoms with van der Waals surface area (Å²) in [7, 11) is -2.20. The molecule has 0 saturated heterocycles. The molecule has 0 aromatic heterocycles. The van der Waals surface area contributed by atoms with E-state index in [0.717, 1.165) is 11.4 Å². The molecule has 4 heteroatoms. The molecule has 1 aliphatic heterocycles. The second kappa shape index (κ2) is 7.32. The zero-order chi connectivity index (χ0) is 23.4. The van der Waals surface area contributed by atoms with Crippen molar-refractivity contribution in [3.05, 3.63) is 102 Å². The molecular weight excluding hydrogens is 430 g/mol. The summed E-state index contributed by atoms with van der Waals surface area (Å²) in [6.45, 7) is 4.84. The Morgan fingerprint density at radius 1 is 0.588 bits per heavy atom. The molecule has 5 aromatic carbocycles. The molecule has 0 spiro atoms. The Hall–Kier alpha value is -4.38. The van der Waals surface area contributed by atoms with Crippen molar-refractivity contribution in [1.29, 1.82) is 10.5 Å². The Balaban J connectivity index is 1.84. The highest BCUT2D eigenvalue weighted by atomic mass is 28.3. The number of fused-ring (bicyclic) bond motifs is 6. The van der Waals surface area contributed by atoms with Crippen molar-refractivity contribution in [2.75, 3.05) is 4.90 Å². The monoisotopic (exact) mass is 451 g/mol. The number of hydrogen-bond acceptors (Lipinski definition) is 3. The molecule has 0 amide bonds. The van der Waals surface area contributed by atoms with E-state index >= 15 is 0 Å². The van der Waals surface area contributed by atoms with Crippen LogP contribution >= 0.6 is 0 Å². The van der Waals surface area contributed by atoms with Crippen LogP contribution in [-0.4, -0.2) is 8.07 Å². The lowest BCUT2D eigenvalue weighted by molar-refractivity contribution is 1.27. The van der Waals surface area contributed by atoms with Crippen LogP contribution in [0.3, 0.4) is 0 Å². The quantitative estimate of drug-likeness (QED) is 0.279. The van der Waals surface area contributed by atoms with Gasteiger partial charge in [0.25, 0.3) is 0 Å². The number of nitrogens with zero attached hydrogens (tertiary/aromatic N) is 3. The van der Waals surface area contributed by atoms with Gasteiger partial charge >= 0.3 is 0 Å². The minimum Gasteiger partial charge on any atom is -0.308 e. The van der Waals surface area contributed by atoms with Gasteiger partial charge in [0.15, 0.2) is 0 Å². The first-order valence-electron chi connectivity index (χ1n) is 11.3. The first-order chi connectivity index (χ1) is 16.6. The molecule has 0 N–H and O–H groups in total. The van der Waals surface area contributed by atoms with Crippen molar-refractivity contribution in [2.45, 2.75) is 13.1 Å². The predicted molar refractivity (Wildman–Crippen MR) is 142 cm³/mol. The summed E-state index contributed by atoms with van der Waals surface area (Å²) >= 11 is 0. The number of benzene rings is 5. The smallest absolute Gasteiger partial charge is 0.119 e. The molecule has 0 fully saturated rings. The second-order valence-electron chi connectivity index (χ2n) is 9.25. The molecule has 5 aromatic rings. The van der Waals surface area contributed by atoms with Gasteiger partial charge in [-0.15, -0.1) is 0 Å². The summed E-state index contributed by atoms with van der Waals surface area (Å²) in [5.74, 6) is 0. The summed E-state index contributed by atoms with van der Waals surface area (Å²) in [5.41, 5.74) is 3.79. The van der Waals surface area contributed by atoms with E-state index in [1.54, 1.807) is 18.2 Å². The van der Waals surface area contributed by atoms with Gasteiger partial charge in [-0.1, -0.05) is 79.8 Å². The van der Waals surface area contributed by atoms with Gasteiger partial charge in [-0.2, -0.15) is 10.5 Å². The van der Waals surface area contributed by atoms with Crippen molar-refractivity contribution in [1.82, 2.24) is 0 Å². The van der Waals surface area contributed by atoms with Gasteiger partial charge in [-0.3, -0.25) is 0 Å². The van der Waals surface area contributed by atoms with E-state index in [4.69, 9.17) is 0 Å². The van der Waals surface area contributed by atoms with Gasteiger partial charge in [0.2, 0.25) is 0 Å². The Bertz CT molecular complexity index is 1600. The topological polar surface area (TPSA) is 50.8 Å². The summed E-state index contributed by atoms with van der Waals surface area (Å²) in [5, 5.41) is 27.6. The van der Waals surface area contributed by atoms with E-state index in [-0.39, 0.29) is 0 Å². The number of hydrogen-bond donors (Lipinski definition) is 0. The molecule has 0 radical (unpaired) electrons. The summed E-state index contributed by atoms with van der Waals surface area (Å²) in [6.07, 6.45) is 0. The Kier molecular flexibility index (Phi) is 4.36. The zero-order valence-corrected chi connectivity index (χ0v) is 20.0. The first-order valence-corrected chi connectivity index (χ1v) is 14.3. The fourth-order valence-electron chi connectivity index (χ4n) is 5.67. The second-order valence-corrected chi connectivity index (χ2v) is 13.5. The van der Waals surface area contributed by atoms with Crippen LogP contribution < -0.4 is 15.3 Å². The van der Waals surface area contributed by atoms with Gasteiger partial charge in [0, 0.05) is 11.4 Å². The lowest BCUT2D eigenvalue weighted by atomic mass is 10.0. The highest BCUT2D eigenvalue weighted by molar-refractivity contribution is 7.05. The SMILES string of the molecule is C[Si]1(C)c2c(ccc3ccccc23)N(c2c(C#N)cccc2C#N)c2ccc3ccccc3c21. The van der Waals surface area contributed by atoms with Crippen LogP contribution in [0.4, 0.5) is 17.1 Å². The Labute approximate surface area is 199 Å². The summed E-state index contributed by atoms with van der Waals surface area (Å²) in [4.78, 5) is 2.17. The van der Waals surface area contributed by atoms with E-state index in [0.29, 0.717) is 16.8 Å². The lowest BCUT2D eigenvalue weighted by Crippen LogP contribution is -2.59. The molecular formula is C30H21N3Si. The molecule has 0 bridgehead atoms. The Morgan fingerprint density at radius 2 is 1.06 bits per heavy atom. The average molecular weight is 452 g/mol. The zero-order valence-electron chi connectivity index (χ0n) is 19.0. The van der Waals surface area contributed by atoms with Crippen molar-refractivity contribution in [3.8, 4) is 12.1 Å². The van der Waals surface area contributed by atoms with E-state index in [1.807, 2.05) is 0 Å². The number of nitriles is 2. The fourth-order valence-corrected chi connectivity index (χ4v) is 9.39. The van der Waals surface area contributed by atoms with Crippen LogP contribution in [0.1, 0.15) is 11.1 Å². The number of para-hydroxylation sites is 1. The standard InChI is InChI=1S/C30H21N3Si/c1-34(2)29-24-12-5-3-8-20(24)14-16-26(29)33(28-22(18-31)10-7-11-23(28)19-32)27-17-15-21-9-4-6-13-25(21)30(27)34/h3-17H,1-2H3. The van der Waals surface area contributed by atoms with Gasteiger partial charge in [0.05, 0.1) is 16.8 Å². The van der Waals surface area contributed by atoms with Crippen molar-refractivity contribution < 1.29 is 0 Å². The van der Waals surface area contributed by atoms with Crippen LogP contribution in [-0.2, 0) is 0 Å². The van der Waals surface area contributed by atoms with E-state index in [9.17, 15) is 10.5 Å². The maximum absolute atomic E-state index is 10.0. The van der Waals surface area contributed by atoms with E-state index in [1.165, 1.54) is 31.9 Å². The van der Waals surface area contributed by atoms with Crippen molar-refractivity contribution in [2.24, 2.45) is 0 Å². The third-order valence-corrected chi connectivity index (χ3v) is 10.6. The molecule has 0 unspecified atom stereocenters. The van der Waals surface area contributed by atoms with Gasteiger partial charge in [0.1, 0.15) is 20.2 Å². The normalized spacial score (nSPS) is 13.7. The molecule has 6 rings (SSSR count). The largest absolute Gasteiger partial charge is 0.308 e. The molecule has 0 saturated carbocycles. The molecule has 1 heterocycles. The average Bonchev–Trinajstić information content (AvgIpc) is 2.87. The van der Waals surface area contributed by atoms with Gasteiger partial charge in [-0.05, 0) is 56.2 Å². The van der Waals surface area contributed by atoms with Crippen LogP contribution in [0, 0.1) is 22.7 Å². The van der Waals surface area contributed by atoms with Crippen LogP contribution in [0.5, 0.6) is 0 Å². The molecule has 3 nitrogen and oxygen atoms in total. The minimum absolute atomic E-state index is 0.499. The Morgan fingerprint density at radius 3 is 1.53 bits per heavy atom. The van der Waals surface area contributed by atoms with Gasteiger partial charge in [-0.25, -0.2) is 0 Å². The number of rotatable bonds is 1. The van der Waals surface area contributed by atoms with Crippen molar-refractivity contribution in [3.63, 3.8) is 0 Å². The highest BCUT2D eigenvalue weighted by Crippen LogP contribution is 2.43. The third kappa shape index (κ3) is 2.67. The fraction of sp³-hybridized carbons (Fsp3) is 0.0667. The summed E-state index contributed by atoms with van der Waals surface area (Å²) < 4.78 is 0. The minimum atomic E-state index is -2.20. The first kappa shape index (κ1) is 20.2. The third-order valence-electron chi connectivity index (χ3n) is 7.05. The molecule has 1 aliphatic rings. The summed E-state index contributed by atoms with van der Waals surface area (Å²) in [6, 6.07) is 35.8. The molecule has 0 aliphatic carbocycles. The van der Waals surface area contributed by atoms with E-state index in [2.05, 4.69) is 103 Å². The maximum atomic E-state index is 10.0. The molecule has 160 valence electrons. The molecule has 34 heavy (non-hydrogen) atoms. The van der Waals surface area contributed by atoms with E-state index < -0.39 is 8.07 Å². The molecule has 0 atom stereocenters. The maximum Gasteiger partial charge on any atom is 0.119 e. The highest BCUT2D eigenvalue weighted by Gasteiger charge is 2.42.